The lowest BCUT2D eigenvalue weighted by Gasteiger charge is -2.34. The van der Waals surface area contributed by atoms with E-state index >= 15 is 0 Å². The number of ether oxygens (including phenoxy) is 1. The van der Waals surface area contributed by atoms with E-state index in [4.69, 9.17) is 8.85 Å². The lowest BCUT2D eigenvalue weighted by Crippen LogP contribution is -2.56. The first kappa shape index (κ1) is 13.8. The number of aryl methyl sites for hydroxylation is 4. The third kappa shape index (κ3) is 2.42. The Morgan fingerprint density at radius 2 is 1.73 bits per heavy atom. The highest BCUT2D eigenvalue weighted by Crippen LogP contribution is 2.38. The fraction of sp³-hybridized carbons (Fsp3) is 0.261. The maximum atomic E-state index is 7.81. The molecule has 0 spiro atoms. The average molecular weight is 364 g/mol. The topological polar surface area (TPSA) is 13.1 Å². The van der Waals surface area contributed by atoms with Crippen LogP contribution in [0.15, 0.2) is 48.7 Å². The zero-order valence-corrected chi connectivity index (χ0v) is 17.0. The first-order chi connectivity index (χ1) is 13.5. The predicted octanol–water partition coefficient (Wildman–Crippen LogP) is 4.03. The number of nitrogens with zero attached hydrogens (tertiary/aromatic N) is 1. The molecule has 1 aromatic heterocycles. The molecule has 0 saturated carbocycles. The van der Waals surface area contributed by atoms with Crippen LogP contribution < -0.4 is 19.7 Å². The van der Waals surface area contributed by atoms with Crippen molar-refractivity contribution in [2.45, 2.75) is 33.8 Å². The molecule has 0 radical (unpaired) electrons. The minimum absolute atomic E-state index is 0.382. The summed E-state index contributed by atoms with van der Waals surface area (Å²) in [6.07, 6.45) is 1.73. The van der Waals surface area contributed by atoms with Gasteiger partial charge >= 0.3 is 0 Å². The van der Waals surface area contributed by atoms with Gasteiger partial charge < -0.3 is 4.74 Å². The van der Waals surface area contributed by atoms with Crippen LogP contribution in [0.4, 0.5) is 0 Å². The standard InChI is InChI=1S/C23H26NOSi/c1-15-11-12-21-23(22(15)18-13-16(2)17(3)14-24(18)4)25-19-9-7-8-10-20(19)26(21,5)6/h7-14H,1-6H3/q+1/i3D3. The Hall–Kier alpha value is -2.39. The van der Waals surface area contributed by atoms with Crippen LogP contribution in [0.3, 0.4) is 0 Å². The van der Waals surface area contributed by atoms with E-state index in [1.807, 2.05) is 36.7 Å². The normalized spacial score (nSPS) is 16.6. The van der Waals surface area contributed by atoms with Crippen molar-refractivity contribution in [2.24, 2.45) is 7.05 Å². The molecule has 0 aliphatic carbocycles. The number of fused-ring (bicyclic) bond motifs is 2. The summed E-state index contributed by atoms with van der Waals surface area (Å²) < 4.78 is 31.8. The molecule has 0 amide bonds. The van der Waals surface area contributed by atoms with Gasteiger partial charge in [0.25, 0.3) is 0 Å². The van der Waals surface area contributed by atoms with Crippen LogP contribution in [0.5, 0.6) is 11.5 Å². The van der Waals surface area contributed by atoms with Crippen LogP contribution in [-0.2, 0) is 7.05 Å². The van der Waals surface area contributed by atoms with Crippen molar-refractivity contribution < 1.29 is 13.4 Å². The number of benzene rings is 2. The monoisotopic (exact) mass is 363 g/mol. The van der Waals surface area contributed by atoms with Crippen molar-refractivity contribution in [3.05, 3.63) is 65.4 Å². The van der Waals surface area contributed by atoms with Gasteiger partial charge in [-0.05, 0) is 48.3 Å². The van der Waals surface area contributed by atoms with Crippen LogP contribution in [-0.4, -0.2) is 8.07 Å². The maximum absolute atomic E-state index is 7.81. The molecule has 0 atom stereocenters. The first-order valence-electron chi connectivity index (χ1n) is 10.4. The largest absolute Gasteiger partial charge is 0.457 e. The Morgan fingerprint density at radius 3 is 2.50 bits per heavy atom. The van der Waals surface area contributed by atoms with Gasteiger partial charge in [-0.3, -0.25) is 0 Å². The second-order valence-electron chi connectivity index (χ2n) is 7.72. The van der Waals surface area contributed by atoms with Crippen molar-refractivity contribution >= 4 is 18.4 Å². The minimum atomic E-state index is -2.13. The minimum Gasteiger partial charge on any atom is -0.457 e. The lowest BCUT2D eigenvalue weighted by molar-refractivity contribution is -0.660. The van der Waals surface area contributed by atoms with Gasteiger partial charge in [-0.2, -0.15) is 0 Å². The van der Waals surface area contributed by atoms with E-state index in [9.17, 15) is 0 Å². The highest BCUT2D eigenvalue weighted by atomic mass is 28.3. The van der Waals surface area contributed by atoms with Crippen molar-refractivity contribution in [2.75, 3.05) is 0 Å². The molecule has 0 saturated heterocycles. The summed E-state index contributed by atoms with van der Waals surface area (Å²) in [6.45, 7) is 6.53. The van der Waals surface area contributed by atoms with Gasteiger partial charge in [-0.25, -0.2) is 4.57 Å². The van der Waals surface area contributed by atoms with E-state index in [1.54, 1.807) is 6.20 Å². The van der Waals surface area contributed by atoms with E-state index in [1.165, 1.54) is 10.4 Å². The Labute approximate surface area is 161 Å². The van der Waals surface area contributed by atoms with Crippen LogP contribution >= 0.6 is 0 Å². The summed E-state index contributed by atoms with van der Waals surface area (Å²) in [6, 6.07) is 14.7. The van der Waals surface area contributed by atoms with Crippen LogP contribution in [0.25, 0.3) is 11.3 Å². The molecule has 4 rings (SSSR count). The molecule has 3 heteroatoms. The Morgan fingerprint density at radius 1 is 0.962 bits per heavy atom. The van der Waals surface area contributed by atoms with Gasteiger partial charge in [-0.1, -0.05) is 43.4 Å². The van der Waals surface area contributed by atoms with Gasteiger partial charge in [0.1, 0.15) is 26.6 Å². The molecular weight excluding hydrogens is 334 g/mol. The molecule has 0 bridgehead atoms. The highest BCUT2D eigenvalue weighted by molar-refractivity contribution is 7.01. The molecule has 2 heterocycles. The van der Waals surface area contributed by atoms with Gasteiger partial charge in [-0.15, -0.1) is 0 Å². The first-order valence-corrected chi connectivity index (χ1v) is 11.9. The van der Waals surface area contributed by atoms with Crippen LogP contribution in [0.2, 0.25) is 13.1 Å². The molecule has 2 nitrogen and oxygen atoms in total. The van der Waals surface area contributed by atoms with Crippen molar-refractivity contribution in [1.82, 2.24) is 0 Å². The fourth-order valence-corrected chi connectivity index (χ4v) is 6.72. The summed E-state index contributed by atoms with van der Waals surface area (Å²) in [5.41, 5.74) is 4.27. The predicted molar refractivity (Wildman–Crippen MR) is 111 cm³/mol. The van der Waals surface area contributed by atoms with Crippen LogP contribution in [0, 0.1) is 20.7 Å². The molecule has 2 aromatic carbocycles. The van der Waals surface area contributed by atoms with E-state index in [0.29, 0.717) is 5.56 Å². The molecule has 1 aliphatic heterocycles. The molecular formula is C23H26NOSi+. The molecule has 0 unspecified atom stereocenters. The van der Waals surface area contributed by atoms with Crippen LogP contribution in [0.1, 0.15) is 20.8 Å². The quantitative estimate of drug-likeness (QED) is 0.470. The molecule has 3 aromatic rings. The number of pyridine rings is 1. The van der Waals surface area contributed by atoms with Crippen molar-refractivity contribution in [1.29, 1.82) is 0 Å². The van der Waals surface area contributed by atoms with Gasteiger partial charge in [0, 0.05) is 15.7 Å². The number of hydrogen-bond donors (Lipinski definition) is 0. The summed E-state index contributed by atoms with van der Waals surface area (Å²) in [4.78, 5) is 0. The SMILES string of the molecule is [2H]C([2H])([2H])c1c[n+](C)c(-c2c(C)ccc3c2Oc2ccccc2[Si]3(C)C)cc1C. The Bertz CT molecular complexity index is 1140. The Balaban J connectivity index is 1.99. The van der Waals surface area contributed by atoms with Gasteiger partial charge in [0.2, 0.25) is 5.69 Å². The highest BCUT2D eigenvalue weighted by Gasteiger charge is 2.38. The zero-order valence-electron chi connectivity index (χ0n) is 19.0. The van der Waals surface area contributed by atoms with Crippen molar-refractivity contribution in [3.8, 4) is 22.8 Å². The fourth-order valence-electron chi connectivity index (χ4n) is 3.92. The van der Waals surface area contributed by atoms with Gasteiger partial charge in [0.05, 0.1) is 5.56 Å². The summed E-state index contributed by atoms with van der Waals surface area (Å²) in [5.74, 6) is 1.85. The number of para-hydroxylation sites is 1. The second kappa shape index (κ2) is 5.81. The van der Waals surface area contributed by atoms with Crippen molar-refractivity contribution in [3.63, 3.8) is 0 Å². The molecule has 26 heavy (non-hydrogen) atoms. The van der Waals surface area contributed by atoms with E-state index in [-0.39, 0.29) is 0 Å². The van der Waals surface area contributed by atoms with Gasteiger partial charge in [0.15, 0.2) is 6.20 Å². The van der Waals surface area contributed by atoms with E-state index < -0.39 is 14.9 Å². The smallest absolute Gasteiger partial charge is 0.216 e. The third-order valence-corrected chi connectivity index (χ3v) is 9.05. The summed E-state index contributed by atoms with van der Waals surface area (Å²) >= 11 is 0. The molecule has 1 aliphatic rings. The second-order valence-corrected chi connectivity index (χ2v) is 12.1. The molecule has 132 valence electrons. The number of hydrogen-bond acceptors (Lipinski definition) is 1. The lowest BCUT2D eigenvalue weighted by atomic mass is 10.0. The van der Waals surface area contributed by atoms with E-state index in [2.05, 4.69) is 44.3 Å². The Kier molecular flexibility index (Phi) is 3.08. The number of rotatable bonds is 1. The zero-order chi connectivity index (χ0) is 21.1. The molecule has 0 fully saturated rings. The summed E-state index contributed by atoms with van der Waals surface area (Å²) in [7, 11) is -0.0101. The molecule has 0 N–H and O–H groups in total. The average Bonchev–Trinajstić information content (AvgIpc) is 2.63. The number of aromatic nitrogens is 1. The summed E-state index contributed by atoms with van der Waals surface area (Å²) in [5, 5.41) is 2.58. The third-order valence-electron chi connectivity index (χ3n) is 5.55. The van der Waals surface area contributed by atoms with E-state index in [0.717, 1.165) is 33.9 Å². The maximum Gasteiger partial charge on any atom is 0.216 e.